The normalized spacial score (nSPS) is 15.4. The van der Waals surface area contributed by atoms with Crippen LogP contribution in [0.25, 0.3) is 0 Å². The van der Waals surface area contributed by atoms with Crippen LogP contribution < -0.4 is 5.32 Å². The molecule has 1 atom stereocenters. The Morgan fingerprint density at radius 2 is 1.78 bits per heavy atom. The first-order valence-corrected chi connectivity index (χ1v) is 11.1. The van der Waals surface area contributed by atoms with E-state index < -0.39 is 0 Å². The summed E-state index contributed by atoms with van der Waals surface area (Å²) in [6.45, 7) is 7.37. The van der Waals surface area contributed by atoms with Gasteiger partial charge in [0.25, 0.3) is 5.91 Å². The van der Waals surface area contributed by atoms with Gasteiger partial charge in [-0.25, -0.2) is 0 Å². The molecule has 0 radical (unpaired) electrons. The summed E-state index contributed by atoms with van der Waals surface area (Å²) in [5.41, 5.74) is 2.35. The van der Waals surface area contributed by atoms with E-state index in [4.69, 9.17) is 4.74 Å². The SMILES string of the molecule is CC(CN1CCOCC1)N(CC(=O)Nc1cccc(C(=O)N(C)C)c1)Cc1ccccc1. The molecule has 3 rings (SSSR count). The summed E-state index contributed by atoms with van der Waals surface area (Å²) in [6, 6.07) is 17.5. The highest BCUT2D eigenvalue weighted by atomic mass is 16.5. The van der Waals surface area contributed by atoms with Crippen molar-refractivity contribution in [3.05, 3.63) is 65.7 Å². The van der Waals surface area contributed by atoms with Crippen molar-refractivity contribution < 1.29 is 14.3 Å². The number of ether oxygens (including phenoxy) is 1. The molecule has 32 heavy (non-hydrogen) atoms. The zero-order chi connectivity index (χ0) is 22.9. The van der Waals surface area contributed by atoms with Crippen molar-refractivity contribution in [2.45, 2.75) is 19.5 Å². The molecule has 7 heteroatoms. The molecule has 0 bridgehead atoms. The molecule has 1 aliphatic heterocycles. The molecule has 1 unspecified atom stereocenters. The van der Waals surface area contributed by atoms with Gasteiger partial charge in [-0.15, -0.1) is 0 Å². The van der Waals surface area contributed by atoms with Crippen LogP contribution in [0.1, 0.15) is 22.8 Å². The standard InChI is InChI=1S/C25H34N4O3/c1-20(17-28-12-14-32-15-13-28)29(18-21-8-5-4-6-9-21)19-24(30)26-23-11-7-10-22(16-23)25(31)27(2)3/h4-11,16,20H,12-15,17-19H2,1-3H3,(H,26,30). The Balaban J connectivity index is 1.67. The van der Waals surface area contributed by atoms with Crippen molar-refractivity contribution in [1.29, 1.82) is 0 Å². The second-order valence-electron chi connectivity index (χ2n) is 8.48. The van der Waals surface area contributed by atoms with Gasteiger partial charge >= 0.3 is 0 Å². The van der Waals surface area contributed by atoms with Crippen LogP contribution in [-0.2, 0) is 16.1 Å². The van der Waals surface area contributed by atoms with Crippen LogP contribution in [0.2, 0.25) is 0 Å². The van der Waals surface area contributed by atoms with Crippen molar-refractivity contribution >= 4 is 17.5 Å². The highest BCUT2D eigenvalue weighted by Crippen LogP contribution is 2.14. The quantitative estimate of drug-likeness (QED) is 0.652. The minimum absolute atomic E-state index is 0.0917. The third-order valence-electron chi connectivity index (χ3n) is 5.62. The van der Waals surface area contributed by atoms with Crippen LogP contribution in [0, 0.1) is 0 Å². The minimum Gasteiger partial charge on any atom is -0.379 e. The molecule has 7 nitrogen and oxygen atoms in total. The van der Waals surface area contributed by atoms with Crippen molar-refractivity contribution in [3.8, 4) is 0 Å². The predicted molar refractivity (Wildman–Crippen MR) is 127 cm³/mol. The van der Waals surface area contributed by atoms with Gasteiger partial charge in [-0.3, -0.25) is 19.4 Å². The molecule has 0 aromatic heterocycles. The highest BCUT2D eigenvalue weighted by Gasteiger charge is 2.22. The largest absolute Gasteiger partial charge is 0.379 e. The predicted octanol–water partition coefficient (Wildman–Crippen LogP) is 2.55. The van der Waals surface area contributed by atoms with E-state index in [-0.39, 0.29) is 24.4 Å². The number of hydrogen-bond donors (Lipinski definition) is 1. The van der Waals surface area contributed by atoms with Crippen molar-refractivity contribution in [2.24, 2.45) is 0 Å². The Hall–Kier alpha value is -2.74. The van der Waals surface area contributed by atoms with E-state index in [9.17, 15) is 9.59 Å². The van der Waals surface area contributed by atoms with Gasteiger partial charge in [0.2, 0.25) is 5.91 Å². The van der Waals surface area contributed by atoms with Crippen molar-refractivity contribution in [3.63, 3.8) is 0 Å². The summed E-state index contributed by atoms with van der Waals surface area (Å²) in [6.07, 6.45) is 0. The number of nitrogens with zero attached hydrogens (tertiary/aromatic N) is 3. The molecule has 172 valence electrons. The van der Waals surface area contributed by atoms with E-state index in [1.54, 1.807) is 32.3 Å². The molecule has 0 aliphatic carbocycles. The maximum atomic E-state index is 12.9. The molecule has 1 N–H and O–H groups in total. The van der Waals surface area contributed by atoms with Gasteiger partial charge in [0.1, 0.15) is 0 Å². The molecular weight excluding hydrogens is 404 g/mol. The number of carbonyl (C=O) groups excluding carboxylic acids is 2. The zero-order valence-corrected chi connectivity index (χ0v) is 19.3. The van der Waals surface area contributed by atoms with E-state index >= 15 is 0 Å². The Kier molecular flexibility index (Phi) is 8.79. The maximum absolute atomic E-state index is 12.9. The molecule has 1 saturated heterocycles. The Bertz CT molecular complexity index is 882. The molecule has 2 aromatic carbocycles. The average Bonchev–Trinajstić information content (AvgIpc) is 2.79. The molecule has 1 aliphatic rings. The smallest absolute Gasteiger partial charge is 0.253 e. The van der Waals surface area contributed by atoms with Gasteiger partial charge in [0.15, 0.2) is 0 Å². The summed E-state index contributed by atoms with van der Waals surface area (Å²) in [7, 11) is 3.43. The number of nitrogens with one attached hydrogen (secondary N) is 1. The fraction of sp³-hybridized carbons (Fsp3) is 0.440. The van der Waals surface area contributed by atoms with Gasteiger partial charge in [0.05, 0.1) is 19.8 Å². The average molecular weight is 439 g/mol. The monoisotopic (exact) mass is 438 g/mol. The summed E-state index contributed by atoms with van der Waals surface area (Å²) in [5, 5.41) is 2.97. The summed E-state index contributed by atoms with van der Waals surface area (Å²) in [4.78, 5) is 31.3. The van der Waals surface area contributed by atoms with Crippen LogP contribution >= 0.6 is 0 Å². The molecule has 0 spiro atoms. The number of hydrogen-bond acceptors (Lipinski definition) is 5. The molecule has 2 amide bonds. The molecular formula is C25H34N4O3. The Morgan fingerprint density at radius 1 is 1.06 bits per heavy atom. The van der Waals surface area contributed by atoms with Crippen LogP contribution in [0.4, 0.5) is 5.69 Å². The van der Waals surface area contributed by atoms with Crippen LogP contribution in [0.5, 0.6) is 0 Å². The first-order chi connectivity index (χ1) is 15.4. The number of anilines is 1. The van der Waals surface area contributed by atoms with E-state index in [2.05, 4.69) is 34.2 Å². The maximum Gasteiger partial charge on any atom is 0.253 e. The van der Waals surface area contributed by atoms with E-state index in [1.807, 2.05) is 24.3 Å². The third-order valence-corrected chi connectivity index (χ3v) is 5.62. The van der Waals surface area contributed by atoms with Gasteiger partial charge in [-0.05, 0) is 30.7 Å². The first kappa shape index (κ1) is 23.9. The lowest BCUT2D eigenvalue weighted by atomic mass is 10.1. The van der Waals surface area contributed by atoms with E-state index in [0.717, 1.165) is 32.8 Å². The lowest BCUT2D eigenvalue weighted by Gasteiger charge is -2.34. The molecule has 1 fully saturated rings. The fourth-order valence-corrected chi connectivity index (χ4v) is 3.83. The third kappa shape index (κ3) is 7.15. The Labute approximate surface area is 190 Å². The van der Waals surface area contributed by atoms with E-state index in [1.165, 1.54) is 10.5 Å². The van der Waals surface area contributed by atoms with E-state index in [0.29, 0.717) is 17.8 Å². The molecule has 1 heterocycles. The fourth-order valence-electron chi connectivity index (χ4n) is 3.83. The topological polar surface area (TPSA) is 65.1 Å². The van der Waals surface area contributed by atoms with Gasteiger partial charge in [-0.2, -0.15) is 0 Å². The Morgan fingerprint density at radius 3 is 2.47 bits per heavy atom. The number of amides is 2. The second-order valence-corrected chi connectivity index (χ2v) is 8.48. The van der Waals surface area contributed by atoms with Crippen molar-refractivity contribution in [1.82, 2.24) is 14.7 Å². The van der Waals surface area contributed by atoms with Crippen LogP contribution in [0.3, 0.4) is 0 Å². The zero-order valence-electron chi connectivity index (χ0n) is 19.3. The van der Waals surface area contributed by atoms with Crippen LogP contribution in [-0.4, -0.2) is 86.0 Å². The minimum atomic E-state index is -0.0933. The number of carbonyl (C=O) groups is 2. The molecule has 0 saturated carbocycles. The van der Waals surface area contributed by atoms with Crippen LogP contribution in [0.15, 0.2) is 54.6 Å². The highest BCUT2D eigenvalue weighted by molar-refractivity contribution is 5.97. The summed E-state index contributed by atoms with van der Waals surface area (Å²) >= 11 is 0. The van der Waals surface area contributed by atoms with Crippen molar-refractivity contribution in [2.75, 3.05) is 58.8 Å². The second kappa shape index (κ2) is 11.8. The lowest BCUT2D eigenvalue weighted by Crippen LogP contribution is -2.47. The first-order valence-electron chi connectivity index (χ1n) is 11.1. The van der Waals surface area contributed by atoms with Gasteiger partial charge < -0.3 is 15.0 Å². The molecule has 2 aromatic rings. The summed E-state index contributed by atoms with van der Waals surface area (Å²) in [5.74, 6) is -0.185. The number of benzene rings is 2. The number of rotatable bonds is 9. The summed E-state index contributed by atoms with van der Waals surface area (Å²) < 4.78 is 5.46. The van der Waals surface area contributed by atoms with Gasteiger partial charge in [-0.1, -0.05) is 36.4 Å². The number of morpholine rings is 1. The van der Waals surface area contributed by atoms with Gasteiger partial charge in [0, 0.05) is 57.6 Å². The lowest BCUT2D eigenvalue weighted by molar-refractivity contribution is -0.118.